The minimum atomic E-state index is 0.713. The Morgan fingerprint density at radius 3 is 2.53 bits per heavy atom. The number of pyridine rings is 3. The molecule has 0 bridgehead atoms. The number of hydrogen-bond acceptors (Lipinski definition) is 6. The van der Waals surface area contributed by atoms with E-state index >= 15 is 0 Å². The Morgan fingerprint density at radius 1 is 0.700 bits per heavy atom. The van der Waals surface area contributed by atoms with E-state index in [1.165, 1.54) is 0 Å². The van der Waals surface area contributed by atoms with Gasteiger partial charge in [0.1, 0.15) is 16.9 Å². The fourth-order valence-electron chi connectivity index (χ4n) is 3.55. The number of H-pyrrole nitrogens is 2. The molecule has 6 aromatic rings. The summed E-state index contributed by atoms with van der Waals surface area (Å²) in [5, 5.41) is 8.55. The third kappa shape index (κ3) is 2.62. The van der Waals surface area contributed by atoms with Crippen LogP contribution in [0, 0.1) is 0 Å². The van der Waals surface area contributed by atoms with Crippen LogP contribution in [0.15, 0.2) is 73.4 Å². The highest BCUT2D eigenvalue weighted by molar-refractivity contribution is 5.98. The second-order valence-electron chi connectivity index (χ2n) is 6.77. The molecule has 0 amide bonds. The molecule has 6 rings (SSSR count). The predicted molar refractivity (Wildman–Crippen MR) is 113 cm³/mol. The number of nitrogens with one attached hydrogen (secondary N) is 2. The third-order valence-electron chi connectivity index (χ3n) is 4.94. The summed E-state index contributed by atoms with van der Waals surface area (Å²) in [5.74, 6) is 0. The van der Waals surface area contributed by atoms with Gasteiger partial charge in [0.15, 0.2) is 0 Å². The number of aromatic nitrogens is 8. The van der Waals surface area contributed by atoms with Gasteiger partial charge in [0, 0.05) is 35.7 Å². The van der Waals surface area contributed by atoms with E-state index in [0.717, 1.165) is 50.4 Å². The van der Waals surface area contributed by atoms with Gasteiger partial charge in [-0.15, -0.1) is 0 Å². The minimum Gasteiger partial charge on any atom is -0.353 e. The number of aromatic amines is 2. The highest BCUT2D eigenvalue weighted by Gasteiger charge is 2.16. The van der Waals surface area contributed by atoms with E-state index in [1.807, 2.05) is 42.5 Å². The molecular formula is C22H14N8. The van der Waals surface area contributed by atoms with Gasteiger partial charge in [-0.2, -0.15) is 5.10 Å². The maximum atomic E-state index is 4.79. The number of nitrogens with zero attached hydrogens (tertiary/aromatic N) is 6. The maximum absolute atomic E-state index is 4.79. The third-order valence-corrected chi connectivity index (χ3v) is 4.94. The van der Waals surface area contributed by atoms with E-state index in [1.54, 1.807) is 31.0 Å². The Hall–Kier alpha value is -4.46. The van der Waals surface area contributed by atoms with Crippen LogP contribution in [0.1, 0.15) is 0 Å². The Morgan fingerprint density at radius 2 is 1.67 bits per heavy atom. The zero-order valence-electron chi connectivity index (χ0n) is 15.6. The molecule has 0 saturated heterocycles. The van der Waals surface area contributed by atoms with Gasteiger partial charge in [0.05, 0.1) is 34.5 Å². The summed E-state index contributed by atoms with van der Waals surface area (Å²) in [6, 6.07) is 13.6. The van der Waals surface area contributed by atoms with Crippen molar-refractivity contribution in [2.45, 2.75) is 0 Å². The fraction of sp³-hybridized carbons (Fsp3) is 0. The van der Waals surface area contributed by atoms with Crippen LogP contribution in [0.2, 0.25) is 0 Å². The van der Waals surface area contributed by atoms with E-state index < -0.39 is 0 Å². The Bertz CT molecular complexity index is 1490. The lowest BCUT2D eigenvalue weighted by molar-refractivity contribution is 1.12. The zero-order valence-corrected chi connectivity index (χ0v) is 15.6. The van der Waals surface area contributed by atoms with E-state index in [9.17, 15) is 0 Å². The van der Waals surface area contributed by atoms with E-state index in [2.05, 4.69) is 35.1 Å². The molecule has 0 saturated carbocycles. The molecule has 0 aliphatic heterocycles. The number of fused-ring (bicyclic) bond motifs is 2. The lowest BCUT2D eigenvalue weighted by Gasteiger charge is -2.00. The van der Waals surface area contributed by atoms with Gasteiger partial charge in [-0.1, -0.05) is 6.07 Å². The van der Waals surface area contributed by atoms with Crippen LogP contribution in [0.5, 0.6) is 0 Å². The molecule has 0 fully saturated rings. The van der Waals surface area contributed by atoms with Crippen LogP contribution in [0.4, 0.5) is 0 Å². The molecule has 0 atom stereocenters. The van der Waals surface area contributed by atoms with E-state index in [4.69, 9.17) is 4.98 Å². The van der Waals surface area contributed by atoms with Gasteiger partial charge in [0.2, 0.25) is 0 Å². The summed E-state index contributed by atoms with van der Waals surface area (Å²) in [5.41, 5.74) is 7.25. The molecule has 0 aromatic carbocycles. The molecule has 8 heteroatoms. The van der Waals surface area contributed by atoms with E-state index in [-0.39, 0.29) is 0 Å². The lowest BCUT2D eigenvalue weighted by Crippen LogP contribution is -1.89. The highest BCUT2D eigenvalue weighted by atomic mass is 15.1. The molecule has 0 radical (unpaired) electrons. The molecule has 142 valence electrons. The Balaban J connectivity index is 1.52. The topological polar surface area (TPSA) is 109 Å². The second kappa shape index (κ2) is 6.56. The van der Waals surface area contributed by atoms with Gasteiger partial charge in [-0.3, -0.25) is 25.0 Å². The normalized spacial score (nSPS) is 11.3. The quantitative estimate of drug-likeness (QED) is 0.472. The van der Waals surface area contributed by atoms with Crippen LogP contribution < -0.4 is 0 Å². The van der Waals surface area contributed by atoms with Crippen LogP contribution in [-0.2, 0) is 0 Å². The molecule has 0 spiro atoms. The van der Waals surface area contributed by atoms with Crippen LogP contribution in [-0.4, -0.2) is 40.1 Å². The molecule has 6 heterocycles. The molecule has 2 N–H and O–H groups in total. The summed E-state index contributed by atoms with van der Waals surface area (Å²) in [4.78, 5) is 25.7. The lowest BCUT2D eigenvalue weighted by atomic mass is 10.1. The van der Waals surface area contributed by atoms with Crippen molar-refractivity contribution in [2.75, 3.05) is 0 Å². The standard InChI is InChI=1S/C22H14N8/c1-2-7-24-16(3-1)20-13-11-18(27-14(13)6-8-26-20)22-21-17(29-30-22)5-4-15(28-21)19-12-23-9-10-25-19/h1-12,27H,(H,29,30). The second-order valence-corrected chi connectivity index (χ2v) is 6.77. The first-order chi connectivity index (χ1) is 14.9. The van der Waals surface area contributed by atoms with Crippen LogP contribution in [0.3, 0.4) is 0 Å². The fourth-order valence-corrected chi connectivity index (χ4v) is 3.55. The maximum Gasteiger partial charge on any atom is 0.135 e. The van der Waals surface area contributed by atoms with Crippen LogP contribution >= 0.6 is 0 Å². The van der Waals surface area contributed by atoms with Crippen molar-refractivity contribution >= 4 is 21.9 Å². The molecule has 30 heavy (non-hydrogen) atoms. The first-order valence-corrected chi connectivity index (χ1v) is 9.38. The molecule has 8 nitrogen and oxygen atoms in total. The van der Waals surface area contributed by atoms with Gasteiger partial charge in [-0.05, 0) is 36.4 Å². The SMILES string of the molecule is c1ccc(-c2nccc3[nH]c(-c4n[nH]c5ccc(-c6cnccn6)nc45)cc23)nc1. The Kier molecular flexibility index (Phi) is 3.60. The highest BCUT2D eigenvalue weighted by Crippen LogP contribution is 2.32. The number of hydrogen-bond donors (Lipinski definition) is 2. The van der Waals surface area contributed by atoms with Crippen molar-refractivity contribution in [3.8, 4) is 34.2 Å². The summed E-state index contributed by atoms with van der Waals surface area (Å²) in [6.45, 7) is 0. The molecule has 0 unspecified atom stereocenters. The Labute approximate surface area is 170 Å². The molecule has 0 aliphatic carbocycles. The van der Waals surface area contributed by atoms with Crippen molar-refractivity contribution < 1.29 is 0 Å². The molecule has 0 aliphatic rings. The summed E-state index contributed by atoms with van der Waals surface area (Å²) in [6.07, 6.45) is 8.54. The van der Waals surface area contributed by atoms with Gasteiger partial charge >= 0.3 is 0 Å². The largest absolute Gasteiger partial charge is 0.353 e. The zero-order chi connectivity index (χ0) is 19.9. The minimum absolute atomic E-state index is 0.713. The number of rotatable bonds is 3. The van der Waals surface area contributed by atoms with Crippen molar-refractivity contribution in [1.29, 1.82) is 0 Å². The molecule has 6 aromatic heterocycles. The summed E-state index contributed by atoms with van der Waals surface area (Å²) in [7, 11) is 0. The first kappa shape index (κ1) is 16.5. The van der Waals surface area contributed by atoms with Crippen molar-refractivity contribution in [2.24, 2.45) is 0 Å². The average molecular weight is 390 g/mol. The predicted octanol–water partition coefficient (Wildman–Crippen LogP) is 4.02. The summed E-state index contributed by atoms with van der Waals surface area (Å²) < 4.78 is 0. The average Bonchev–Trinajstić information content (AvgIpc) is 3.43. The van der Waals surface area contributed by atoms with Crippen molar-refractivity contribution in [1.82, 2.24) is 40.1 Å². The van der Waals surface area contributed by atoms with Crippen LogP contribution in [0.25, 0.3) is 56.1 Å². The van der Waals surface area contributed by atoms with Crippen molar-refractivity contribution in [3.05, 3.63) is 73.4 Å². The van der Waals surface area contributed by atoms with E-state index in [0.29, 0.717) is 5.69 Å². The summed E-state index contributed by atoms with van der Waals surface area (Å²) >= 11 is 0. The van der Waals surface area contributed by atoms with Crippen molar-refractivity contribution in [3.63, 3.8) is 0 Å². The first-order valence-electron chi connectivity index (χ1n) is 9.38. The van der Waals surface area contributed by atoms with Gasteiger partial charge in [0.25, 0.3) is 0 Å². The van der Waals surface area contributed by atoms with Gasteiger partial charge in [-0.25, -0.2) is 4.98 Å². The monoisotopic (exact) mass is 390 g/mol. The van der Waals surface area contributed by atoms with Gasteiger partial charge < -0.3 is 4.98 Å². The smallest absolute Gasteiger partial charge is 0.135 e. The molecular weight excluding hydrogens is 376 g/mol.